The predicted octanol–water partition coefficient (Wildman–Crippen LogP) is 4.86. The van der Waals surface area contributed by atoms with Crippen molar-refractivity contribution < 1.29 is 36.9 Å². The normalized spacial score (nSPS) is 12.1. The number of carbonyl (C=O) groups is 1. The lowest BCUT2D eigenvalue weighted by molar-refractivity contribution is -0.145. The molecule has 0 radical (unpaired) electrons. The number of methoxy groups -OCH3 is 4. The van der Waals surface area contributed by atoms with Crippen LogP contribution in [0.1, 0.15) is 28.8 Å². The van der Waals surface area contributed by atoms with E-state index in [4.69, 9.17) is 18.9 Å². The first-order valence-electron chi connectivity index (χ1n) is 9.69. The van der Waals surface area contributed by atoms with Crippen LogP contribution in [0.5, 0.6) is 11.5 Å². The van der Waals surface area contributed by atoms with Crippen molar-refractivity contribution in [1.29, 1.82) is 0 Å². The average Bonchev–Trinajstić information content (AvgIpc) is 2.82. The van der Waals surface area contributed by atoms with E-state index >= 15 is 0 Å². The molecule has 0 atom stereocenters. The molecular formula is C23H24F3N3O5. The summed E-state index contributed by atoms with van der Waals surface area (Å²) in [6.45, 7) is 5.40. The first-order chi connectivity index (χ1) is 16.0. The van der Waals surface area contributed by atoms with Crippen molar-refractivity contribution in [2.45, 2.75) is 13.1 Å². The lowest BCUT2D eigenvalue weighted by Gasteiger charge is -2.14. The summed E-state index contributed by atoms with van der Waals surface area (Å²) in [5.41, 5.74) is -0.190. The molecule has 1 amide bonds. The van der Waals surface area contributed by atoms with E-state index < -0.39 is 17.9 Å². The van der Waals surface area contributed by atoms with Gasteiger partial charge in [0.1, 0.15) is 5.76 Å². The van der Waals surface area contributed by atoms with Crippen LogP contribution in [0.3, 0.4) is 0 Å². The number of hydrogen-bond acceptors (Lipinski definition) is 7. The summed E-state index contributed by atoms with van der Waals surface area (Å²) in [4.78, 5) is 19.8. The monoisotopic (exact) mass is 479 g/mol. The summed E-state index contributed by atoms with van der Waals surface area (Å²) >= 11 is 0. The van der Waals surface area contributed by atoms with Crippen molar-refractivity contribution in [1.82, 2.24) is 9.97 Å². The van der Waals surface area contributed by atoms with Crippen molar-refractivity contribution in [2.75, 3.05) is 33.8 Å². The fraction of sp³-hybridized carbons (Fsp3) is 0.261. The van der Waals surface area contributed by atoms with Crippen molar-refractivity contribution in [2.24, 2.45) is 0 Å². The van der Waals surface area contributed by atoms with Crippen LogP contribution in [0, 0.1) is 0 Å². The van der Waals surface area contributed by atoms with Gasteiger partial charge in [-0.05, 0) is 36.8 Å². The maximum Gasteiger partial charge on any atom is 0.451 e. The highest BCUT2D eigenvalue weighted by Crippen LogP contribution is 2.31. The molecule has 0 aliphatic carbocycles. The van der Waals surface area contributed by atoms with E-state index in [0.717, 1.165) is 6.20 Å². The second-order valence-corrected chi connectivity index (χ2v) is 6.66. The number of aromatic nitrogens is 2. The highest BCUT2D eigenvalue weighted by atomic mass is 19.4. The SMILES string of the molecule is C=C(/C=C\C(OC)=C(/C)OC)c1nc(C(F)(F)F)ncc1C(=O)Nc1ccc(OC)c(OC)c1. The number of amides is 1. The maximum atomic E-state index is 13.2. The Kier molecular flexibility index (Phi) is 8.65. The molecule has 0 unspecified atom stereocenters. The number of nitrogens with one attached hydrogen (secondary N) is 1. The number of nitrogens with zero attached hydrogens (tertiary/aromatic N) is 2. The van der Waals surface area contributed by atoms with Gasteiger partial charge in [-0.25, -0.2) is 9.97 Å². The summed E-state index contributed by atoms with van der Waals surface area (Å²) in [5, 5.41) is 2.59. The van der Waals surface area contributed by atoms with Crippen LogP contribution in [-0.4, -0.2) is 44.3 Å². The van der Waals surface area contributed by atoms with Gasteiger partial charge in [0, 0.05) is 18.0 Å². The zero-order valence-electron chi connectivity index (χ0n) is 19.2. The summed E-state index contributed by atoms with van der Waals surface area (Å²) in [6, 6.07) is 4.61. The van der Waals surface area contributed by atoms with Crippen LogP contribution in [0.2, 0.25) is 0 Å². The number of anilines is 1. The molecule has 0 saturated heterocycles. The zero-order chi connectivity index (χ0) is 25.5. The van der Waals surface area contributed by atoms with E-state index in [2.05, 4.69) is 21.9 Å². The Labute approximate surface area is 194 Å². The van der Waals surface area contributed by atoms with E-state index in [9.17, 15) is 18.0 Å². The maximum absolute atomic E-state index is 13.2. The molecule has 1 N–H and O–H groups in total. The van der Waals surface area contributed by atoms with E-state index in [1.54, 1.807) is 19.1 Å². The number of carbonyl (C=O) groups excluding carboxylic acids is 1. The van der Waals surface area contributed by atoms with Crippen LogP contribution in [0.25, 0.3) is 5.57 Å². The molecule has 0 spiro atoms. The second-order valence-electron chi connectivity index (χ2n) is 6.66. The van der Waals surface area contributed by atoms with Crippen molar-refractivity contribution in [3.63, 3.8) is 0 Å². The smallest absolute Gasteiger partial charge is 0.451 e. The molecule has 0 fully saturated rings. The van der Waals surface area contributed by atoms with Gasteiger partial charge in [-0.2, -0.15) is 13.2 Å². The van der Waals surface area contributed by atoms with E-state index in [-0.39, 0.29) is 16.8 Å². The van der Waals surface area contributed by atoms with Gasteiger partial charge in [-0.1, -0.05) is 6.58 Å². The highest BCUT2D eigenvalue weighted by molar-refractivity contribution is 6.07. The number of allylic oxidation sites excluding steroid dienone is 4. The van der Waals surface area contributed by atoms with E-state index in [1.165, 1.54) is 46.7 Å². The number of alkyl halides is 3. The third-order valence-electron chi connectivity index (χ3n) is 4.54. The largest absolute Gasteiger partial charge is 0.498 e. The first-order valence-corrected chi connectivity index (χ1v) is 9.69. The fourth-order valence-corrected chi connectivity index (χ4v) is 2.73. The van der Waals surface area contributed by atoms with E-state index in [0.29, 0.717) is 28.7 Å². The molecule has 0 aliphatic rings. The third kappa shape index (κ3) is 6.27. The molecule has 1 aromatic heterocycles. The Bertz CT molecular complexity index is 1130. The van der Waals surface area contributed by atoms with Gasteiger partial charge in [0.2, 0.25) is 5.82 Å². The Balaban J connectivity index is 2.48. The Hall–Kier alpha value is -4.02. The van der Waals surface area contributed by atoms with Gasteiger partial charge >= 0.3 is 6.18 Å². The number of halogens is 3. The van der Waals surface area contributed by atoms with Gasteiger partial charge in [0.15, 0.2) is 17.3 Å². The Morgan fingerprint density at radius 1 is 1.06 bits per heavy atom. The van der Waals surface area contributed by atoms with Crippen molar-refractivity contribution in [3.05, 3.63) is 71.7 Å². The highest BCUT2D eigenvalue weighted by Gasteiger charge is 2.35. The van der Waals surface area contributed by atoms with Gasteiger partial charge in [-0.3, -0.25) is 4.79 Å². The van der Waals surface area contributed by atoms with Crippen LogP contribution >= 0.6 is 0 Å². The molecule has 8 nitrogen and oxygen atoms in total. The van der Waals surface area contributed by atoms with Gasteiger partial charge in [-0.15, -0.1) is 0 Å². The standard InChI is InChI=1S/C23H24F3N3O5/c1-13(7-9-17(32-4)14(2)31-3)20-16(12-27-22(29-20)23(24,25)26)21(30)28-15-8-10-18(33-5)19(11-15)34-6/h7-12H,1H2,2-6H3,(H,28,30)/b9-7-,17-14-. The predicted molar refractivity (Wildman–Crippen MR) is 119 cm³/mol. The minimum atomic E-state index is -4.82. The molecule has 0 aliphatic heterocycles. The van der Waals surface area contributed by atoms with Gasteiger partial charge in [0.05, 0.1) is 39.7 Å². The Morgan fingerprint density at radius 3 is 2.29 bits per heavy atom. The van der Waals surface area contributed by atoms with E-state index in [1.807, 2.05) is 0 Å². The molecule has 0 bridgehead atoms. The molecule has 182 valence electrons. The Morgan fingerprint density at radius 2 is 1.74 bits per heavy atom. The lowest BCUT2D eigenvalue weighted by Crippen LogP contribution is -2.19. The molecular weight excluding hydrogens is 455 g/mol. The lowest BCUT2D eigenvalue weighted by atomic mass is 10.1. The van der Waals surface area contributed by atoms with Crippen molar-refractivity contribution in [3.8, 4) is 11.5 Å². The first kappa shape index (κ1) is 26.2. The summed E-state index contributed by atoms with van der Waals surface area (Å²) < 4.78 is 60.3. The third-order valence-corrected chi connectivity index (χ3v) is 4.54. The minimum Gasteiger partial charge on any atom is -0.498 e. The summed E-state index contributed by atoms with van der Waals surface area (Å²) in [7, 11) is 5.72. The second kappa shape index (κ2) is 11.2. The van der Waals surface area contributed by atoms with Crippen LogP contribution < -0.4 is 14.8 Å². The average molecular weight is 479 g/mol. The van der Waals surface area contributed by atoms with Crippen LogP contribution in [-0.2, 0) is 15.7 Å². The molecule has 2 aromatic rings. The topological polar surface area (TPSA) is 91.8 Å². The molecule has 2 rings (SSSR count). The number of rotatable bonds is 9. The fourth-order valence-electron chi connectivity index (χ4n) is 2.73. The quantitative estimate of drug-likeness (QED) is 0.406. The van der Waals surface area contributed by atoms with Gasteiger partial charge < -0.3 is 24.3 Å². The number of hydrogen-bond donors (Lipinski definition) is 1. The van der Waals surface area contributed by atoms with Gasteiger partial charge in [0.25, 0.3) is 5.91 Å². The number of ether oxygens (including phenoxy) is 4. The van der Waals surface area contributed by atoms with Crippen LogP contribution in [0.15, 0.2) is 54.6 Å². The molecule has 0 saturated carbocycles. The number of benzene rings is 1. The molecule has 34 heavy (non-hydrogen) atoms. The molecule has 11 heteroatoms. The molecule has 1 aromatic carbocycles. The zero-order valence-corrected chi connectivity index (χ0v) is 19.2. The van der Waals surface area contributed by atoms with Crippen molar-refractivity contribution >= 4 is 17.2 Å². The van der Waals surface area contributed by atoms with Crippen LogP contribution in [0.4, 0.5) is 18.9 Å². The molecule has 1 heterocycles. The summed E-state index contributed by atoms with van der Waals surface area (Å²) in [6.07, 6.45) is -1.22. The minimum absolute atomic E-state index is 0.0174. The summed E-state index contributed by atoms with van der Waals surface area (Å²) in [5.74, 6) is -0.632.